The zero-order chi connectivity index (χ0) is 21.7. The Bertz CT molecular complexity index is 1100. The van der Waals surface area contributed by atoms with Gasteiger partial charge in [-0.2, -0.15) is 5.26 Å². The first-order valence-corrected chi connectivity index (χ1v) is 11.3. The molecule has 0 aliphatic carbocycles. The fourth-order valence-corrected chi connectivity index (χ4v) is 4.56. The number of benzene rings is 2. The van der Waals surface area contributed by atoms with Crippen LogP contribution in [0.2, 0.25) is 0 Å². The summed E-state index contributed by atoms with van der Waals surface area (Å²) in [6.45, 7) is 2.41. The van der Waals surface area contributed by atoms with E-state index in [1.807, 2.05) is 19.1 Å². The molecule has 30 heavy (non-hydrogen) atoms. The monoisotopic (exact) mass is 424 g/mol. The molecule has 0 saturated carbocycles. The lowest BCUT2D eigenvalue weighted by Gasteiger charge is -2.22. The largest absolute Gasteiger partial charge is 0.340 e. The van der Waals surface area contributed by atoms with Gasteiger partial charge in [-0.25, -0.2) is 8.42 Å². The molecule has 2 aromatic carbocycles. The number of nitrogens with zero attached hydrogens (tertiary/aromatic N) is 3. The summed E-state index contributed by atoms with van der Waals surface area (Å²) in [5.41, 5.74) is 1.95. The van der Waals surface area contributed by atoms with Crippen LogP contribution in [0.3, 0.4) is 0 Å². The number of carbonyl (C=O) groups is 1. The summed E-state index contributed by atoms with van der Waals surface area (Å²) >= 11 is 0. The van der Waals surface area contributed by atoms with Crippen LogP contribution in [-0.4, -0.2) is 38.2 Å². The number of amides is 1. The highest BCUT2D eigenvalue weighted by molar-refractivity contribution is 7.90. The molecule has 8 heteroatoms. The van der Waals surface area contributed by atoms with Crippen molar-refractivity contribution in [3.63, 3.8) is 0 Å². The zero-order valence-electron chi connectivity index (χ0n) is 17.0. The van der Waals surface area contributed by atoms with E-state index in [0.29, 0.717) is 24.1 Å². The van der Waals surface area contributed by atoms with E-state index in [0.717, 1.165) is 18.4 Å². The van der Waals surface area contributed by atoms with E-state index in [9.17, 15) is 13.2 Å². The number of amidine groups is 1. The molecule has 0 spiro atoms. The molecule has 0 radical (unpaired) electrons. The molecule has 1 heterocycles. The average Bonchev–Trinajstić information content (AvgIpc) is 3.01. The quantitative estimate of drug-likeness (QED) is 0.738. The number of nitrogens with one attached hydrogen (secondary N) is 1. The number of likely N-dealkylation sites (N-methyl/N-ethyl adjacent to an activating group) is 1. The van der Waals surface area contributed by atoms with Gasteiger partial charge in [-0.1, -0.05) is 44.0 Å². The minimum Gasteiger partial charge on any atom is -0.340 e. The molecule has 7 nitrogen and oxygen atoms in total. The topological polar surface area (TPSA) is 103 Å². The Morgan fingerprint density at radius 1 is 1.20 bits per heavy atom. The van der Waals surface area contributed by atoms with Gasteiger partial charge in [0, 0.05) is 19.2 Å². The highest BCUT2D eigenvalue weighted by Crippen LogP contribution is 2.23. The first kappa shape index (κ1) is 21.5. The molecular weight excluding hydrogens is 400 g/mol. The summed E-state index contributed by atoms with van der Waals surface area (Å²) in [5.74, 6) is 0.0377. The van der Waals surface area contributed by atoms with E-state index < -0.39 is 16.1 Å². The van der Waals surface area contributed by atoms with Crippen molar-refractivity contribution in [1.82, 2.24) is 9.62 Å². The Balaban J connectivity index is 1.84. The van der Waals surface area contributed by atoms with Crippen molar-refractivity contribution in [2.75, 3.05) is 7.05 Å². The molecule has 0 saturated heterocycles. The van der Waals surface area contributed by atoms with Gasteiger partial charge in [0.15, 0.2) is 0 Å². The lowest BCUT2D eigenvalue weighted by atomic mass is 10.1. The van der Waals surface area contributed by atoms with Crippen LogP contribution in [0.15, 0.2) is 58.4 Å². The smallest absolute Gasteiger partial charge is 0.263 e. The predicted molar refractivity (Wildman–Crippen MR) is 114 cm³/mol. The lowest BCUT2D eigenvalue weighted by Crippen LogP contribution is -2.36. The van der Waals surface area contributed by atoms with E-state index in [4.69, 9.17) is 5.26 Å². The Morgan fingerprint density at radius 2 is 1.90 bits per heavy atom. The molecule has 1 N–H and O–H groups in total. The predicted octanol–water partition coefficient (Wildman–Crippen LogP) is 2.81. The molecule has 3 rings (SSSR count). The van der Waals surface area contributed by atoms with Crippen molar-refractivity contribution >= 4 is 21.8 Å². The van der Waals surface area contributed by atoms with Crippen molar-refractivity contribution in [3.05, 3.63) is 65.2 Å². The van der Waals surface area contributed by atoms with Crippen molar-refractivity contribution in [2.45, 2.75) is 43.7 Å². The molecule has 1 atom stereocenters. The number of fused-ring (bicyclic) bond motifs is 1. The normalized spacial score (nSPS) is 16.4. The van der Waals surface area contributed by atoms with Gasteiger partial charge in [0.25, 0.3) is 10.0 Å². The van der Waals surface area contributed by atoms with Crippen molar-refractivity contribution in [3.8, 4) is 6.07 Å². The summed E-state index contributed by atoms with van der Waals surface area (Å²) in [7, 11) is -1.95. The second kappa shape index (κ2) is 9.09. The molecule has 1 unspecified atom stereocenters. The van der Waals surface area contributed by atoms with E-state index >= 15 is 0 Å². The summed E-state index contributed by atoms with van der Waals surface area (Å²) in [5, 5.41) is 8.92. The van der Waals surface area contributed by atoms with Crippen LogP contribution >= 0.6 is 0 Å². The molecule has 1 amide bonds. The minimum absolute atomic E-state index is 0.177. The van der Waals surface area contributed by atoms with Gasteiger partial charge in [0.2, 0.25) is 5.91 Å². The Morgan fingerprint density at radius 3 is 2.57 bits per heavy atom. The number of nitriles is 1. The van der Waals surface area contributed by atoms with Crippen LogP contribution in [-0.2, 0) is 21.4 Å². The fraction of sp³-hybridized carbons (Fsp3) is 0.318. The first-order valence-electron chi connectivity index (χ1n) is 9.79. The highest BCUT2D eigenvalue weighted by atomic mass is 32.2. The first-order chi connectivity index (χ1) is 14.4. The van der Waals surface area contributed by atoms with Gasteiger partial charge in [0.1, 0.15) is 11.9 Å². The number of carbonyl (C=O) groups excluding carboxylic acids is 1. The third kappa shape index (κ3) is 4.69. The van der Waals surface area contributed by atoms with Gasteiger partial charge in [-0.3, -0.25) is 14.5 Å². The standard InChI is InChI=1S/C22H24N4O3S/c1-3-4-8-19(22(27)26(2)15-17-12-10-16(14-23)11-13-17)24-21-18-7-5-6-9-20(18)30(28,29)25-21/h5-7,9-13,19H,3-4,8,15H2,1-2H3,(H,24,25). The Kier molecular flexibility index (Phi) is 6.53. The summed E-state index contributed by atoms with van der Waals surface area (Å²) in [6, 6.07) is 15.1. The van der Waals surface area contributed by atoms with E-state index in [2.05, 4.69) is 15.8 Å². The molecule has 0 bridgehead atoms. The Labute approximate surface area is 177 Å². The highest BCUT2D eigenvalue weighted by Gasteiger charge is 2.32. The van der Waals surface area contributed by atoms with Crippen LogP contribution in [0, 0.1) is 11.3 Å². The van der Waals surface area contributed by atoms with Gasteiger partial charge >= 0.3 is 0 Å². The maximum absolute atomic E-state index is 13.1. The molecule has 0 fully saturated rings. The lowest BCUT2D eigenvalue weighted by molar-refractivity contribution is -0.131. The van der Waals surface area contributed by atoms with E-state index in [-0.39, 0.29) is 16.6 Å². The molecule has 156 valence electrons. The SMILES string of the molecule is CCCCC(N=C1NS(=O)(=O)c2ccccc21)C(=O)N(C)Cc1ccc(C#N)cc1. The maximum atomic E-state index is 13.1. The second-order valence-electron chi connectivity index (χ2n) is 7.24. The molecule has 1 aliphatic heterocycles. The van der Waals surface area contributed by atoms with Gasteiger partial charge in [0.05, 0.1) is 16.5 Å². The zero-order valence-corrected chi connectivity index (χ0v) is 17.8. The average molecular weight is 425 g/mol. The number of sulfonamides is 1. The number of unbranched alkanes of at least 4 members (excludes halogenated alkanes) is 1. The van der Waals surface area contributed by atoms with Gasteiger partial charge in [-0.05, 0) is 36.2 Å². The van der Waals surface area contributed by atoms with E-state index in [1.165, 1.54) is 6.07 Å². The molecule has 1 aliphatic rings. The van der Waals surface area contributed by atoms with Crippen LogP contribution in [0.4, 0.5) is 0 Å². The number of aliphatic imine (C=N–C) groups is 1. The number of hydrogen-bond donors (Lipinski definition) is 1. The number of rotatable bonds is 7. The van der Waals surface area contributed by atoms with Gasteiger partial charge < -0.3 is 4.90 Å². The van der Waals surface area contributed by atoms with Crippen molar-refractivity contribution < 1.29 is 13.2 Å². The third-order valence-corrected chi connectivity index (χ3v) is 6.34. The van der Waals surface area contributed by atoms with Crippen molar-refractivity contribution in [2.24, 2.45) is 4.99 Å². The Hall–Kier alpha value is -3.18. The minimum atomic E-state index is -3.65. The number of hydrogen-bond acceptors (Lipinski definition) is 5. The van der Waals surface area contributed by atoms with Crippen LogP contribution in [0.1, 0.15) is 42.9 Å². The molecule has 2 aromatic rings. The van der Waals surface area contributed by atoms with Crippen LogP contribution in [0.5, 0.6) is 0 Å². The second-order valence-corrected chi connectivity index (χ2v) is 8.89. The molecule has 0 aromatic heterocycles. The van der Waals surface area contributed by atoms with Gasteiger partial charge in [-0.15, -0.1) is 0 Å². The van der Waals surface area contributed by atoms with E-state index in [1.54, 1.807) is 42.3 Å². The summed E-state index contributed by atoms with van der Waals surface area (Å²) in [6.07, 6.45) is 2.23. The van der Waals surface area contributed by atoms with Crippen LogP contribution in [0.25, 0.3) is 0 Å². The maximum Gasteiger partial charge on any atom is 0.263 e. The third-order valence-electron chi connectivity index (χ3n) is 4.94. The van der Waals surface area contributed by atoms with Crippen LogP contribution < -0.4 is 4.72 Å². The van der Waals surface area contributed by atoms with Crippen molar-refractivity contribution in [1.29, 1.82) is 5.26 Å². The summed E-state index contributed by atoms with van der Waals surface area (Å²) < 4.78 is 27.2. The fourth-order valence-electron chi connectivity index (χ4n) is 3.32. The molecular formula is C22H24N4O3S. The summed E-state index contributed by atoms with van der Waals surface area (Å²) in [4.78, 5) is 19.4.